The highest BCUT2D eigenvalue weighted by Crippen LogP contribution is 2.40. The number of ether oxygens (including phenoxy) is 2. The first-order valence-corrected chi connectivity index (χ1v) is 11.4. The molecule has 0 amide bonds. The Balaban J connectivity index is 0.00000420. The molecular formula is C22H45IN4O2. The lowest BCUT2D eigenvalue weighted by Crippen LogP contribution is -2.51. The molecule has 0 spiro atoms. The molecule has 1 heterocycles. The van der Waals surface area contributed by atoms with E-state index in [9.17, 15) is 0 Å². The van der Waals surface area contributed by atoms with Crippen LogP contribution in [0.5, 0.6) is 0 Å². The second-order valence-electron chi connectivity index (χ2n) is 8.89. The van der Waals surface area contributed by atoms with E-state index in [4.69, 9.17) is 9.47 Å². The van der Waals surface area contributed by atoms with E-state index in [2.05, 4.69) is 41.3 Å². The predicted octanol–water partition coefficient (Wildman–Crippen LogP) is 3.50. The molecule has 0 aromatic heterocycles. The average molecular weight is 525 g/mol. The van der Waals surface area contributed by atoms with Crippen molar-refractivity contribution in [2.24, 2.45) is 16.3 Å². The second kappa shape index (κ2) is 14.8. The van der Waals surface area contributed by atoms with E-state index in [0.717, 1.165) is 65.0 Å². The van der Waals surface area contributed by atoms with Gasteiger partial charge in [0.25, 0.3) is 0 Å². The Morgan fingerprint density at radius 3 is 2.45 bits per heavy atom. The van der Waals surface area contributed by atoms with Crippen LogP contribution < -0.4 is 10.6 Å². The van der Waals surface area contributed by atoms with Crippen molar-refractivity contribution in [1.82, 2.24) is 15.5 Å². The molecule has 1 saturated carbocycles. The van der Waals surface area contributed by atoms with Gasteiger partial charge >= 0.3 is 0 Å². The standard InChI is InChI=1S/C22H44N4O2.HI/c1-5-27-13-10-22(8-6-7-9-22)18-25-21(23-4)24-17-20(16-19(2)3)26-11-14-28-15-12-26;/h19-20H,5-18H2,1-4H3,(H2,23,24,25);1H. The van der Waals surface area contributed by atoms with E-state index in [0.29, 0.717) is 17.4 Å². The lowest BCUT2D eigenvalue weighted by atomic mass is 9.83. The molecule has 29 heavy (non-hydrogen) atoms. The summed E-state index contributed by atoms with van der Waals surface area (Å²) in [5.74, 6) is 1.62. The predicted molar refractivity (Wildman–Crippen MR) is 132 cm³/mol. The summed E-state index contributed by atoms with van der Waals surface area (Å²) in [5.41, 5.74) is 0.369. The minimum atomic E-state index is 0. The topological polar surface area (TPSA) is 58.1 Å². The maximum atomic E-state index is 5.65. The smallest absolute Gasteiger partial charge is 0.191 e. The molecule has 0 radical (unpaired) electrons. The van der Waals surface area contributed by atoms with Crippen molar-refractivity contribution in [3.63, 3.8) is 0 Å². The van der Waals surface area contributed by atoms with Gasteiger partial charge in [0.2, 0.25) is 0 Å². The number of nitrogens with zero attached hydrogens (tertiary/aromatic N) is 2. The highest BCUT2D eigenvalue weighted by Gasteiger charge is 2.33. The summed E-state index contributed by atoms with van der Waals surface area (Å²) in [4.78, 5) is 7.07. The van der Waals surface area contributed by atoms with Crippen LogP contribution in [-0.2, 0) is 9.47 Å². The number of halogens is 1. The van der Waals surface area contributed by atoms with Gasteiger partial charge in [0.15, 0.2) is 5.96 Å². The molecule has 2 fully saturated rings. The maximum absolute atomic E-state index is 5.65. The van der Waals surface area contributed by atoms with Gasteiger partial charge in [-0.25, -0.2) is 0 Å². The molecule has 6 nitrogen and oxygen atoms in total. The zero-order chi connectivity index (χ0) is 20.2. The monoisotopic (exact) mass is 524 g/mol. The van der Waals surface area contributed by atoms with E-state index >= 15 is 0 Å². The molecule has 2 aliphatic rings. The molecule has 172 valence electrons. The summed E-state index contributed by atoms with van der Waals surface area (Å²) in [6, 6.07) is 0.529. The normalized spacial score (nSPS) is 21.1. The SMILES string of the molecule is CCOCCC1(CNC(=NC)NCC(CC(C)C)N2CCOCC2)CCCC1.I. The van der Waals surface area contributed by atoms with Crippen LogP contribution in [0.15, 0.2) is 4.99 Å². The molecule has 1 saturated heterocycles. The fourth-order valence-corrected chi connectivity index (χ4v) is 4.63. The molecule has 7 heteroatoms. The van der Waals surface area contributed by atoms with Gasteiger partial charge in [0.1, 0.15) is 0 Å². The van der Waals surface area contributed by atoms with Gasteiger partial charge in [-0.3, -0.25) is 9.89 Å². The van der Waals surface area contributed by atoms with Crippen LogP contribution in [0, 0.1) is 11.3 Å². The van der Waals surface area contributed by atoms with E-state index in [1.807, 2.05) is 7.05 Å². The maximum Gasteiger partial charge on any atom is 0.191 e. The Hall–Kier alpha value is -0.120. The number of guanidine groups is 1. The van der Waals surface area contributed by atoms with Crippen LogP contribution >= 0.6 is 24.0 Å². The number of aliphatic imine (C=N–C) groups is 1. The van der Waals surface area contributed by atoms with Crippen molar-refractivity contribution in [3.05, 3.63) is 0 Å². The average Bonchev–Trinajstić information content (AvgIpc) is 3.17. The van der Waals surface area contributed by atoms with Crippen LogP contribution in [0.3, 0.4) is 0 Å². The third-order valence-electron chi connectivity index (χ3n) is 6.31. The molecule has 1 aliphatic heterocycles. The number of rotatable bonds is 11. The number of morpholine rings is 1. The van der Waals surface area contributed by atoms with Gasteiger partial charge in [-0.2, -0.15) is 0 Å². The van der Waals surface area contributed by atoms with Crippen molar-refractivity contribution < 1.29 is 9.47 Å². The van der Waals surface area contributed by atoms with Gasteiger partial charge in [0.05, 0.1) is 13.2 Å². The zero-order valence-electron chi connectivity index (χ0n) is 19.2. The Morgan fingerprint density at radius 2 is 1.86 bits per heavy atom. The lowest BCUT2D eigenvalue weighted by Gasteiger charge is -2.36. The third kappa shape index (κ3) is 9.70. The summed E-state index contributed by atoms with van der Waals surface area (Å²) in [6.45, 7) is 14.1. The van der Waals surface area contributed by atoms with Crippen LogP contribution in [0.25, 0.3) is 0 Å². The third-order valence-corrected chi connectivity index (χ3v) is 6.31. The van der Waals surface area contributed by atoms with Crippen molar-refractivity contribution in [3.8, 4) is 0 Å². The van der Waals surface area contributed by atoms with E-state index < -0.39 is 0 Å². The minimum absolute atomic E-state index is 0. The molecule has 2 N–H and O–H groups in total. The van der Waals surface area contributed by atoms with Crippen LogP contribution in [0.1, 0.15) is 59.3 Å². The minimum Gasteiger partial charge on any atom is -0.382 e. The molecule has 2 rings (SSSR count). The Bertz CT molecular complexity index is 450. The van der Waals surface area contributed by atoms with Gasteiger partial charge in [-0.1, -0.05) is 26.7 Å². The molecule has 0 bridgehead atoms. The molecular weight excluding hydrogens is 479 g/mol. The largest absolute Gasteiger partial charge is 0.382 e. The summed E-state index contributed by atoms with van der Waals surface area (Å²) >= 11 is 0. The fourth-order valence-electron chi connectivity index (χ4n) is 4.63. The fraction of sp³-hybridized carbons (Fsp3) is 0.955. The van der Waals surface area contributed by atoms with Crippen LogP contribution in [-0.4, -0.2) is 76.6 Å². The Kier molecular flexibility index (Phi) is 13.7. The second-order valence-corrected chi connectivity index (χ2v) is 8.89. The first kappa shape index (κ1) is 26.9. The molecule has 1 unspecified atom stereocenters. The quantitative estimate of drug-likeness (QED) is 0.188. The number of nitrogens with one attached hydrogen (secondary N) is 2. The van der Waals surface area contributed by atoms with Crippen LogP contribution in [0.2, 0.25) is 0 Å². The van der Waals surface area contributed by atoms with E-state index in [1.54, 1.807) is 0 Å². The van der Waals surface area contributed by atoms with E-state index in [1.165, 1.54) is 32.1 Å². The van der Waals surface area contributed by atoms with Gasteiger partial charge in [0, 0.05) is 52.5 Å². The number of hydrogen-bond donors (Lipinski definition) is 2. The summed E-state index contributed by atoms with van der Waals surface area (Å²) < 4.78 is 11.2. The molecule has 1 aliphatic carbocycles. The van der Waals surface area contributed by atoms with Crippen molar-refractivity contribution >= 4 is 29.9 Å². The van der Waals surface area contributed by atoms with E-state index in [-0.39, 0.29) is 24.0 Å². The van der Waals surface area contributed by atoms with Gasteiger partial charge in [-0.15, -0.1) is 24.0 Å². The molecule has 1 atom stereocenters. The summed E-state index contributed by atoms with van der Waals surface area (Å²) in [6.07, 6.45) is 7.62. The number of hydrogen-bond acceptors (Lipinski definition) is 4. The molecule has 0 aromatic rings. The summed E-state index contributed by atoms with van der Waals surface area (Å²) in [5, 5.41) is 7.24. The first-order valence-electron chi connectivity index (χ1n) is 11.4. The Morgan fingerprint density at radius 1 is 1.17 bits per heavy atom. The lowest BCUT2D eigenvalue weighted by molar-refractivity contribution is 0.0132. The van der Waals surface area contributed by atoms with Crippen molar-refractivity contribution in [1.29, 1.82) is 0 Å². The van der Waals surface area contributed by atoms with Gasteiger partial charge in [-0.05, 0) is 43.9 Å². The van der Waals surface area contributed by atoms with Crippen molar-refractivity contribution in [2.45, 2.75) is 65.3 Å². The highest BCUT2D eigenvalue weighted by molar-refractivity contribution is 14.0. The Labute approximate surface area is 196 Å². The zero-order valence-corrected chi connectivity index (χ0v) is 21.5. The first-order chi connectivity index (χ1) is 13.6. The van der Waals surface area contributed by atoms with Gasteiger partial charge < -0.3 is 20.1 Å². The van der Waals surface area contributed by atoms with Crippen molar-refractivity contribution in [2.75, 3.05) is 59.7 Å². The molecule has 0 aromatic carbocycles. The van der Waals surface area contributed by atoms with Crippen LogP contribution in [0.4, 0.5) is 0 Å². The highest BCUT2D eigenvalue weighted by atomic mass is 127. The summed E-state index contributed by atoms with van der Waals surface area (Å²) in [7, 11) is 1.88.